The quantitative estimate of drug-likeness (QED) is 0.778. The number of carbonyl (C=O) groups is 1. The standard InChI is InChI=1S/C21H26BNO4/c1-20(2)21(3,4)27-22(26-20)16-6-5-14-13-23-19(12-15(14)11-16)25-18-9-7-17(24)8-10-18/h5-6,11-13,18H,7-10H2,1-4H3. The van der Waals surface area contributed by atoms with Crippen LogP contribution in [0.3, 0.4) is 0 Å². The van der Waals surface area contributed by atoms with Gasteiger partial charge in [-0.15, -0.1) is 0 Å². The summed E-state index contributed by atoms with van der Waals surface area (Å²) >= 11 is 0. The second-order valence-electron chi connectivity index (χ2n) is 8.57. The average Bonchev–Trinajstić information content (AvgIpc) is 2.84. The molecule has 1 aromatic heterocycles. The molecule has 0 unspecified atom stereocenters. The van der Waals surface area contributed by atoms with Gasteiger partial charge in [0.1, 0.15) is 11.9 Å². The van der Waals surface area contributed by atoms with Gasteiger partial charge in [-0.05, 0) is 51.4 Å². The molecule has 2 fully saturated rings. The Morgan fingerprint density at radius 3 is 2.37 bits per heavy atom. The molecule has 0 atom stereocenters. The molecule has 0 radical (unpaired) electrons. The van der Waals surface area contributed by atoms with Gasteiger partial charge in [0.25, 0.3) is 0 Å². The summed E-state index contributed by atoms with van der Waals surface area (Å²) in [6.45, 7) is 8.22. The molecule has 1 aliphatic carbocycles. The van der Waals surface area contributed by atoms with Crippen molar-refractivity contribution in [3.05, 3.63) is 30.5 Å². The lowest BCUT2D eigenvalue weighted by molar-refractivity contribution is -0.121. The molecule has 1 saturated carbocycles. The molecule has 5 nitrogen and oxygen atoms in total. The fraction of sp³-hybridized carbons (Fsp3) is 0.524. The summed E-state index contributed by atoms with van der Waals surface area (Å²) in [6.07, 6.45) is 4.64. The van der Waals surface area contributed by atoms with Crippen LogP contribution in [-0.2, 0) is 14.1 Å². The van der Waals surface area contributed by atoms with Crippen molar-refractivity contribution in [2.45, 2.75) is 70.7 Å². The van der Waals surface area contributed by atoms with Crippen molar-refractivity contribution in [2.24, 2.45) is 0 Å². The first-order chi connectivity index (χ1) is 12.7. The SMILES string of the molecule is CC1(C)OB(c2ccc3cnc(OC4CCC(=O)CC4)cc3c2)OC1(C)C. The van der Waals surface area contributed by atoms with Crippen molar-refractivity contribution in [3.8, 4) is 5.88 Å². The maximum atomic E-state index is 11.4. The van der Waals surface area contributed by atoms with Crippen LogP contribution in [0.15, 0.2) is 30.5 Å². The first-order valence-corrected chi connectivity index (χ1v) is 9.67. The Kier molecular flexibility index (Phi) is 4.51. The van der Waals surface area contributed by atoms with E-state index in [1.54, 1.807) is 0 Å². The molecule has 1 aliphatic heterocycles. The van der Waals surface area contributed by atoms with Crippen molar-refractivity contribution in [1.82, 2.24) is 4.98 Å². The van der Waals surface area contributed by atoms with Gasteiger partial charge >= 0.3 is 7.12 Å². The molecular weight excluding hydrogens is 341 g/mol. The van der Waals surface area contributed by atoms with Gasteiger partial charge in [-0.1, -0.05) is 18.2 Å². The number of aromatic nitrogens is 1. The summed E-state index contributed by atoms with van der Waals surface area (Å²) in [5.41, 5.74) is 0.260. The van der Waals surface area contributed by atoms with Crippen LogP contribution >= 0.6 is 0 Å². The van der Waals surface area contributed by atoms with E-state index >= 15 is 0 Å². The lowest BCUT2D eigenvalue weighted by atomic mass is 9.78. The van der Waals surface area contributed by atoms with Gasteiger partial charge < -0.3 is 14.0 Å². The number of hydrogen-bond donors (Lipinski definition) is 0. The van der Waals surface area contributed by atoms with Crippen molar-refractivity contribution in [3.63, 3.8) is 0 Å². The number of fused-ring (bicyclic) bond motifs is 1. The summed E-state index contributed by atoms with van der Waals surface area (Å²) in [6, 6.07) is 8.10. The summed E-state index contributed by atoms with van der Waals surface area (Å²) < 4.78 is 18.3. The Balaban J connectivity index is 1.56. The minimum absolute atomic E-state index is 0.0685. The van der Waals surface area contributed by atoms with Crippen LogP contribution in [0.1, 0.15) is 53.4 Å². The molecule has 1 saturated heterocycles. The molecular formula is C21H26BNO4. The van der Waals surface area contributed by atoms with Crippen molar-refractivity contribution < 1.29 is 18.8 Å². The zero-order chi connectivity index (χ0) is 19.2. The Hall–Kier alpha value is -1.92. The van der Waals surface area contributed by atoms with Crippen molar-refractivity contribution in [2.75, 3.05) is 0 Å². The monoisotopic (exact) mass is 367 g/mol. The normalized spacial score (nSPS) is 22.4. The minimum Gasteiger partial charge on any atom is -0.474 e. The lowest BCUT2D eigenvalue weighted by Crippen LogP contribution is -2.41. The molecule has 0 amide bonds. The number of ketones is 1. The van der Waals surface area contributed by atoms with Crippen LogP contribution in [0.5, 0.6) is 5.88 Å². The number of benzene rings is 1. The van der Waals surface area contributed by atoms with E-state index in [9.17, 15) is 4.79 Å². The van der Waals surface area contributed by atoms with Crippen LogP contribution in [0.4, 0.5) is 0 Å². The molecule has 0 N–H and O–H groups in total. The number of nitrogens with zero attached hydrogens (tertiary/aromatic N) is 1. The van der Waals surface area contributed by atoms with Crippen LogP contribution in [-0.4, -0.2) is 35.2 Å². The maximum absolute atomic E-state index is 11.4. The van der Waals surface area contributed by atoms with Gasteiger partial charge in [-0.3, -0.25) is 4.79 Å². The van der Waals surface area contributed by atoms with E-state index in [2.05, 4.69) is 38.7 Å². The van der Waals surface area contributed by atoms with E-state index in [0.717, 1.165) is 29.1 Å². The smallest absolute Gasteiger partial charge is 0.474 e. The molecule has 2 heterocycles. The highest BCUT2D eigenvalue weighted by atomic mass is 16.7. The predicted octanol–water partition coefficient (Wildman–Crippen LogP) is 3.42. The highest BCUT2D eigenvalue weighted by Gasteiger charge is 2.51. The van der Waals surface area contributed by atoms with Gasteiger partial charge in [-0.2, -0.15) is 0 Å². The van der Waals surface area contributed by atoms with E-state index in [1.165, 1.54) is 0 Å². The molecule has 4 rings (SSSR count). The van der Waals surface area contributed by atoms with Crippen LogP contribution < -0.4 is 10.2 Å². The highest BCUT2D eigenvalue weighted by molar-refractivity contribution is 6.62. The molecule has 2 aliphatic rings. The highest BCUT2D eigenvalue weighted by Crippen LogP contribution is 2.36. The van der Waals surface area contributed by atoms with E-state index < -0.39 is 0 Å². The number of Topliss-reactive ketones (excluding diaryl/α,β-unsaturated/α-hetero) is 1. The summed E-state index contributed by atoms with van der Waals surface area (Å²) in [7, 11) is -0.388. The largest absolute Gasteiger partial charge is 0.494 e. The zero-order valence-electron chi connectivity index (χ0n) is 16.5. The summed E-state index contributed by atoms with van der Waals surface area (Å²) in [4.78, 5) is 15.8. The topological polar surface area (TPSA) is 57.7 Å². The Bertz CT molecular complexity index is 854. The molecule has 142 valence electrons. The number of ether oxygens (including phenoxy) is 1. The number of carbonyl (C=O) groups excluding carboxylic acids is 1. The Labute approximate surface area is 160 Å². The zero-order valence-corrected chi connectivity index (χ0v) is 16.5. The maximum Gasteiger partial charge on any atom is 0.494 e. The Morgan fingerprint density at radius 2 is 1.70 bits per heavy atom. The first-order valence-electron chi connectivity index (χ1n) is 9.67. The van der Waals surface area contributed by atoms with Gasteiger partial charge in [0.15, 0.2) is 0 Å². The average molecular weight is 367 g/mol. The predicted molar refractivity (Wildman–Crippen MR) is 105 cm³/mol. The number of pyridine rings is 1. The van der Waals surface area contributed by atoms with Crippen LogP contribution in [0, 0.1) is 0 Å². The second kappa shape index (κ2) is 6.60. The van der Waals surface area contributed by atoms with Gasteiger partial charge in [-0.25, -0.2) is 4.98 Å². The first kappa shape index (κ1) is 18.4. The van der Waals surface area contributed by atoms with Crippen molar-refractivity contribution >= 4 is 29.1 Å². The fourth-order valence-corrected chi connectivity index (χ4v) is 3.53. The van der Waals surface area contributed by atoms with E-state index in [1.807, 2.05) is 24.4 Å². The van der Waals surface area contributed by atoms with Crippen LogP contribution in [0.25, 0.3) is 10.8 Å². The van der Waals surface area contributed by atoms with E-state index in [4.69, 9.17) is 14.0 Å². The number of hydrogen-bond acceptors (Lipinski definition) is 5. The fourth-order valence-electron chi connectivity index (χ4n) is 3.53. The number of rotatable bonds is 3. The molecule has 6 heteroatoms. The van der Waals surface area contributed by atoms with Gasteiger partial charge in [0, 0.05) is 30.5 Å². The molecule has 0 spiro atoms. The van der Waals surface area contributed by atoms with E-state index in [-0.39, 0.29) is 24.4 Å². The third-order valence-corrected chi connectivity index (χ3v) is 6.02. The third kappa shape index (κ3) is 3.60. The van der Waals surface area contributed by atoms with Gasteiger partial charge in [0.05, 0.1) is 11.2 Å². The summed E-state index contributed by atoms with van der Waals surface area (Å²) in [5.74, 6) is 0.932. The third-order valence-electron chi connectivity index (χ3n) is 6.02. The summed E-state index contributed by atoms with van der Waals surface area (Å²) in [5, 5.41) is 2.08. The molecule has 27 heavy (non-hydrogen) atoms. The second-order valence-corrected chi connectivity index (χ2v) is 8.57. The van der Waals surface area contributed by atoms with Crippen molar-refractivity contribution in [1.29, 1.82) is 0 Å². The Morgan fingerprint density at radius 1 is 1.04 bits per heavy atom. The van der Waals surface area contributed by atoms with Crippen LogP contribution in [0.2, 0.25) is 0 Å². The molecule has 1 aromatic carbocycles. The minimum atomic E-state index is -0.388. The molecule has 0 bridgehead atoms. The lowest BCUT2D eigenvalue weighted by Gasteiger charge is -2.32. The molecule has 2 aromatic rings. The van der Waals surface area contributed by atoms with Gasteiger partial charge in [0.2, 0.25) is 5.88 Å². The van der Waals surface area contributed by atoms with E-state index in [0.29, 0.717) is 24.5 Å².